The molecule has 1 heterocycles. The van der Waals surface area contributed by atoms with Gasteiger partial charge >= 0.3 is 7.07 Å². The number of thiol groups is 1. The minimum Gasteiger partial charge on any atom is -0.287 e. The standard InChI is InChI=1S/C8H17NO2PS/c1-4-7(3)8-6-11-12(13,9-8)10-5-2/h6-7,9,13H,4-5H2,1-3H3/q+1. The lowest BCUT2D eigenvalue weighted by atomic mass is 10.1. The van der Waals surface area contributed by atoms with E-state index in [0.29, 0.717) is 12.5 Å². The maximum Gasteiger partial charge on any atom is 0.477 e. The predicted octanol–water partition coefficient (Wildman–Crippen LogP) is 3.14. The van der Waals surface area contributed by atoms with E-state index in [4.69, 9.17) is 9.05 Å². The van der Waals surface area contributed by atoms with Crippen molar-refractivity contribution in [3.05, 3.63) is 12.0 Å². The molecule has 0 aromatic heterocycles. The van der Waals surface area contributed by atoms with Crippen LogP contribution in [-0.4, -0.2) is 6.61 Å². The Kier molecular flexibility index (Phi) is 3.89. The number of hydrogen-bond donors (Lipinski definition) is 2. The zero-order valence-electron chi connectivity index (χ0n) is 8.28. The quantitative estimate of drug-likeness (QED) is 0.566. The molecule has 0 fully saturated rings. The van der Waals surface area contributed by atoms with Crippen molar-refractivity contribution in [1.82, 2.24) is 5.09 Å². The molecule has 0 saturated carbocycles. The van der Waals surface area contributed by atoms with Crippen LogP contribution in [0.5, 0.6) is 0 Å². The second-order valence-electron chi connectivity index (χ2n) is 3.04. The van der Waals surface area contributed by atoms with Gasteiger partial charge in [-0.15, -0.1) is 0 Å². The van der Waals surface area contributed by atoms with E-state index in [-0.39, 0.29) is 0 Å². The van der Waals surface area contributed by atoms with E-state index in [1.54, 1.807) is 6.26 Å². The Morgan fingerprint density at radius 1 is 1.69 bits per heavy atom. The molecule has 76 valence electrons. The van der Waals surface area contributed by atoms with Crippen LogP contribution in [0.4, 0.5) is 0 Å². The normalized spacial score (nSPS) is 29.1. The lowest BCUT2D eigenvalue weighted by Gasteiger charge is -2.13. The van der Waals surface area contributed by atoms with E-state index in [0.717, 1.165) is 12.1 Å². The molecule has 1 N–H and O–H groups in total. The molecule has 13 heavy (non-hydrogen) atoms. The summed E-state index contributed by atoms with van der Waals surface area (Å²) in [4.78, 5) is 0. The van der Waals surface area contributed by atoms with Crippen molar-refractivity contribution in [3.8, 4) is 0 Å². The van der Waals surface area contributed by atoms with Gasteiger partial charge in [-0.1, -0.05) is 13.8 Å². The molecule has 0 aliphatic carbocycles. The van der Waals surface area contributed by atoms with Gasteiger partial charge in [0.2, 0.25) is 0 Å². The summed E-state index contributed by atoms with van der Waals surface area (Å²) in [7, 11) is -2.09. The van der Waals surface area contributed by atoms with Gasteiger partial charge in [-0.05, 0) is 13.3 Å². The van der Waals surface area contributed by atoms with Crippen LogP contribution in [0.1, 0.15) is 27.2 Å². The molecule has 0 aromatic carbocycles. The Labute approximate surface area is 85.6 Å². The van der Waals surface area contributed by atoms with E-state index in [1.165, 1.54) is 0 Å². The topological polar surface area (TPSA) is 30.5 Å². The average Bonchev–Trinajstić information content (AvgIpc) is 2.47. The molecule has 3 nitrogen and oxygen atoms in total. The number of hydrogen-bond acceptors (Lipinski definition) is 4. The minimum atomic E-state index is -2.09. The zero-order chi connectivity index (χ0) is 9.90. The van der Waals surface area contributed by atoms with Crippen LogP contribution in [0.2, 0.25) is 0 Å². The molecule has 0 radical (unpaired) electrons. The van der Waals surface area contributed by atoms with Crippen LogP contribution >= 0.6 is 19.3 Å². The SMILES string of the molecule is CCO[P+]1(S)NC(C(C)CC)=CO1. The lowest BCUT2D eigenvalue weighted by molar-refractivity contribution is 0.315. The first-order chi connectivity index (χ1) is 6.11. The lowest BCUT2D eigenvalue weighted by Crippen LogP contribution is -2.13. The Balaban J connectivity index is 2.49. The van der Waals surface area contributed by atoms with Gasteiger partial charge in [0, 0.05) is 5.92 Å². The van der Waals surface area contributed by atoms with Crippen LogP contribution in [0.15, 0.2) is 12.0 Å². The third kappa shape index (κ3) is 2.76. The van der Waals surface area contributed by atoms with Gasteiger partial charge in [-0.3, -0.25) is 4.52 Å². The first-order valence-corrected chi connectivity index (χ1v) is 7.32. The van der Waals surface area contributed by atoms with Gasteiger partial charge in [0.1, 0.15) is 0 Å². The van der Waals surface area contributed by atoms with Crippen LogP contribution < -0.4 is 5.09 Å². The average molecular weight is 222 g/mol. The fraction of sp³-hybridized carbons (Fsp3) is 0.750. The second kappa shape index (κ2) is 4.54. The van der Waals surface area contributed by atoms with Crippen molar-refractivity contribution in [2.45, 2.75) is 27.2 Å². The van der Waals surface area contributed by atoms with Crippen molar-refractivity contribution in [2.24, 2.45) is 5.92 Å². The van der Waals surface area contributed by atoms with Crippen molar-refractivity contribution in [3.63, 3.8) is 0 Å². The van der Waals surface area contributed by atoms with Gasteiger partial charge in [-0.2, -0.15) is 9.61 Å². The maximum atomic E-state index is 5.41. The summed E-state index contributed by atoms with van der Waals surface area (Å²) in [6.07, 6.45) is 2.83. The van der Waals surface area contributed by atoms with Gasteiger partial charge < -0.3 is 0 Å². The van der Waals surface area contributed by atoms with Crippen molar-refractivity contribution < 1.29 is 9.05 Å². The smallest absolute Gasteiger partial charge is 0.287 e. The summed E-state index contributed by atoms with van der Waals surface area (Å²) in [6, 6.07) is 0. The summed E-state index contributed by atoms with van der Waals surface area (Å²) in [5, 5.41) is 3.21. The Bertz CT molecular complexity index is 212. The highest BCUT2D eigenvalue weighted by Crippen LogP contribution is 2.65. The largest absolute Gasteiger partial charge is 0.477 e. The Hall–Kier alpha value is 0.0800. The number of allylic oxidation sites excluding steroid dienone is 1. The van der Waals surface area contributed by atoms with Crippen molar-refractivity contribution >= 4 is 19.3 Å². The van der Waals surface area contributed by atoms with Crippen molar-refractivity contribution in [1.29, 1.82) is 0 Å². The van der Waals surface area contributed by atoms with E-state index in [2.05, 4.69) is 31.2 Å². The molecule has 0 aromatic rings. The van der Waals surface area contributed by atoms with E-state index in [1.807, 2.05) is 6.92 Å². The van der Waals surface area contributed by atoms with Crippen LogP contribution in [-0.2, 0) is 9.05 Å². The van der Waals surface area contributed by atoms with Gasteiger partial charge in [0.05, 0.1) is 24.6 Å². The van der Waals surface area contributed by atoms with Crippen LogP contribution in [0.25, 0.3) is 0 Å². The first-order valence-electron chi connectivity index (χ1n) is 4.54. The summed E-state index contributed by atoms with van der Waals surface area (Å²) in [5.41, 5.74) is 1.10. The molecule has 0 bridgehead atoms. The summed E-state index contributed by atoms with van der Waals surface area (Å²) in [6.45, 7) is 6.85. The molecular weight excluding hydrogens is 205 g/mol. The first kappa shape index (κ1) is 11.2. The van der Waals surface area contributed by atoms with Gasteiger partial charge in [0.25, 0.3) is 0 Å². The molecule has 1 rings (SSSR count). The molecular formula is C8H17NO2PS+. The molecule has 0 amide bonds. The minimum absolute atomic E-state index is 0.481. The summed E-state index contributed by atoms with van der Waals surface area (Å²) in [5.74, 6) is 0.481. The highest BCUT2D eigenvalue weighted by atomic mass is 32.7. The third-order valence-corrected chi connectivity index (χ3v) is 4.51. The summed E-state index contributed by atoms with van der Waals surface area (Å²) >= 11 is 4.36. The number of nitrogens with one attached hydrogen (secondary N) is 1. The highest BCUT2D eigenvalue weighted by Gasteiger charge is 2.45. The third-order valence-electron chi connectivity index (χ3n) is 2.04. The monoisotopic (exact) mass is 222 g/mol. The second-order valence-corrected chi connectivity index (χ2v) is 6.35. The molecule has 0 spiro atoms. The molecule has 0 saturated heterocycles. The Morgan fingerprint density at radius 2 is 2.38 bits per heavy atom. The molecule has 2 unspecified atom stereocenters. The Morgan fingerprint density at radius 3 is 2.92 bits per heavy atom. The van der Waals surface area contributed by atoms with Gasteiger partial charge in [0.15, 0.2) is 6.26 Å². The number of rotatable bonds is 4. The van der Waals surface area contributed by atoms with Gasteiger partial charge in [-0.25, -0.2) is 0 Å². The highest BCUT2D eigenvalue weighted by molar-refractivity contribution is 8.48. The van der Waals surface area contributed by atoms with E-state index in [9.17, 15) is 0 Å². The van der Waals surface area contributed by atoms with E-state index < -0.39 is 7.07 Å². The summed E-state index contributed by atoms with van der Waals surface area (Å²) < 4.78 is 10.8. The van der Waals surface area contributed by atoms with E-state index >= 15 is 0 Å². The fourth-order valence-electron chi connectivity index (χ4n) is 1.03. The molecule has 1 aliphatic rings. The van der Waals surface area contributed by atoms with Crippen LogP contribution in [0.3, 0.4) is 0 Å². The van der Waals surface area contributed by atoms with Crippen molar-refractivity contribution in [2.75, 3.05) is 6.61 Å². The van der Waals surface area contributed by atoms with Crippen LogP contribution in [0, 0.1) is 5.92 Å². The fourth-order valence-corrected chi connectivity index (χ4v) is 3.25. The maximum absolute atomic E-state index is 5.41. The predicted molar refractivity (Wildman–Crippen MR) is 59.3 cm³/mol. The zero-order valence-corrected chi connectivity index (χ0v) is 10.1. The molecule has 2 atom stereocenters. The molecule has 1 aliphatic heterocycles. The molecule has 5 heteroatoms.